The quantitative estimate of drug-likeness (QED) is 0.184. The van der Waals surface area contributed by atoms with Crippen LogP contribution in [0, 0.1) is 11.6 Å². The third-order valence-corrected chi connectivity index (χ3v) is 10.7. The van der Waals surface area contributed by atoms with Crippen molar-refractivity contribution in [1.82, 2.24) is 0 Å². The van der Waals surface area contributed by atoms with E-state index in [9.17, 15) is 17.2 Å². The Bertz CT molecular complexity index is 1650. The van der Waals surface area contributed by atoms with E-state index < -0.39 is 32.0 Å². The fourth-order valence-electron chi connectivity index (χ4n) is 4.08. The van der Waals surface area contributed by atoms with Gasteiger partial charge >= 0.3 is 0 Å². The van der Waals surface area contributed by atoms with Gasteiger partial charge in [-0.25, -0.2) is 17.2 Å². The molecule has 0 aliphatic carbocycles. The normalized spacial score (nSPS) is 13.7. The third kappa shape index (κ3) is 7.29. The van der Waals surface area contributed by atoms with Crippen molar-refractivity contribution in [1.29, 1.82) is 0 Å². The van der Waals surface area contributed by atoms with E-state index in [0.717, 1.165) is 24.3 Å². The van der Waals surface area contributed by atoms with Crippen molar-refractivity contribution in [2.24, 2.45) is 0 Å². The zero-order valence-corrected chi connectivity index (χ0v) is 26.0. The van der Waals surface area contributed by atoms with Crippen LogP contribution >= 0.6 is 69.6 Å². The Morgan fingerprint density at radius 1 is 0.561 bits per heavy atom. The van der Waals surface area contributed by atoms with Gasteiger partial charge in [0.05, 0.1) is 20.1 Å². The Balaban J connectivity index is 1.94. The standard InChI is InChI=1S/C30H18Cl6F2O2S/c31-23-5-1-3-17(29(23)35)7-13-27(21-11-9-19(37)15-25(21)33)41(39,40)28(22-12-10-20(38)16-26(22)34)14-8-18-4-2-6-24(32)30(18)36/h1-16,27-28H. The lowest BCUT2D eigenvalue weighted by molar-refractivity contribution is 0.583. The molecule has 4 aromatic carbocycles. The molecule has 0 aliphatic rings. The maximum Gasteiger partial charge on any atom is 0.171 e. The van der Waals surface area contributed by atoms with Crippen LogP contribution in [0.4, 0.5) is 8.78 Å². The van der Waals surface area contributed by atoms with Crippen LogP contribution in [0.15, 0.2) is 84.9 Å². The predicted octanol–water partition coefficient (Wildman–Crippen LogP) is 11.5. The maximum atomic E-state index is 14.5. The summed E-state index contributed by atoms with van der Waals surface area (Å²) in [5.41, 5.74) is 1.07. The summed E-state index contributed by atoms with van der Waals surface area (Å²) in [6, 6.07) is 16.6. The molecular formula is C30H18Cl6F2O2S. The first-order chi connectivity index (χ1) is 19.4. The Hall–Kier alpha value is -2.09. The molecule has 0 saturated heterocycles. The number of rotatable bonds is 8. The molecule has 0 aliphatic heterocycles. The number of sulfone groups is 1. The summed E-state index contributed by atoms with van der Waals surface area (Å²) in [6.45, 7) is 0. The van der Waals surface area contributed by atoms with E-state index in [1.165, 1.54) is 36.4 Å². The summed E-state index contributed by atoms with van der Waals surface area (Å²) in [6.07, 6.45) is 5.71. The molecule has 0 aromatic heterocycles. The summed E-state index contributed by atoms with van der Waals surface area (Å²) in [4.78, 5) is 0. The highest BCUT2D eigenvalue weighted by Crippen LogP contribution is 2.42. The summed E-state index contributed by atoms with van der Waals surface area (Å²) >= 11 is 37.7. The van der Waals surface area contributed by atoms with Crippen molar-refractivity contribution in [2.75, 3.05) is 0 Å². The van der Waals surface area contributed by atoms with E-state index in [4.69, 9.17) is 69.6 Å². The average Bonchev–Trinajstić information content (AvgIpc) is 2.91. The molecule has 0 amide bonds. The van der Waals surface area contributed by atoms with Gasteiger partial charge in [0, 0.05) is 10.0 Å². The highest BCUT2D eigenvalue weighted by Gasteiger charge is 2.36. The maximum absolute atomic E-state index is 14.5. The molecule has 0 N–H and O–H groups in total. The Labute approximate surface area is 266 Å². The summed E-state index contributed by atoms with van der Waals surface area (Å²) in [5.74, 6) is -1.30. The highest BCUT2D eigenvalue weighted by molar-refractivity contribution is 7.92. The first kappa shape index (κ1) is 31.8. The van der Waals surface area contributed by atoms with Crippen LogP contribution in [0.5, 0.6) is 0 Å². The van der Waals surface area contributed by atoms with Crippen LogP contribution in [0.25, 0.3) is 12.2 Å². The lowest BCUT2D eigenvalue weighted by atomic mass is 10.1. The molecule has 11 heteroatoms. The van der Waals surface area contributed by atoms with Crippen LogP contribution in [0.3, 0.4) is 0 Å². The van der Waals surface area contributed by atoms with Gasteiger partial charge in [-0.15, -0.1) is 0 Å². The van der Waals surface area contributed by atoms with Gasteiger partial charge < -0.3 is 0 Å². The predicted molar refractivity (Wildman–Crippen MR) is 168 cm³/mol. The van der Waals surface area contributed by atoms with Crippen LogP contribution in [-0.4, -0.2) is 8.42 Å². The lowest BCUT2D eigenvalue weighted by Crippen LogP contribution is -2.19. The number of benzene rings is 4. The summed E-state index contributed by atoms with van der Waals surface area (Å²) in [5, 5.41) is -2.15. The van der Waals surface area contributed by atoms with Crippen LogP contribution in [0.1, 0.15) is 32.8 Å². The Kier molecular flexibility index (Phi) is 10.5. The SMILES string of the molecule is O=S(=O)(C(C=Cc1cccc(Cl)c1Cl)c1ccc(F)cc1Cl)C(C=Cc1cccc(Cl)c1Cl)c1ccc(F)cc1Cl. The van der Waals surface area contributed by atoms with Crippen LogP contribution < -0.4 is 0 Å². The highest BCUT2D eigenvalue weighted by atomic mass is 35.5. The second kappa shape index (κ2) is 13.5. The van der Waals surface area contributed by atoms with Crippen molar-refractivity contribution in [2.45, 2.75) is 10.5 Å². The first-order valence-corrected chi connectivity index (χ1v) is 15.6. The van der Waals surface area contributed by atoms with Crippen molar-refractivity contribution in [3.05, 3.63) is 149 Å². The van der Waals surface area contributed by atoms with E-state index in [1.807, 2.05) is 0 Å². The topological polar surface area (TPSA) is 34.1 Å². The van der Waals surface area contributed by atoms with Crippen LogP contribution in [0.2, 0.25) is 30.1 Å². The molecule has 2 nitrogen and oxygen atoms in total. The fraction of sp³-hybridized carbons (Fsp3) is 0.0667. The van der Waals surface area contributed by atoms with E-state index in [0.29, 0.717) is 11.1 Å². The van der Waals surface area contributed by atoms with E-state index in [2.05, 4.69) is 0 Å². The van der Waals surface area contributed by atoms with Gasteiger partial charge in [0.15, 0.2) is 9.84 Å². The third-order valence-electron chi connectivity index (χ3n) is 6.11. The van der Waals surface area contributed by atoms with Crippen molar-refractivity contribution < 1.29 is 17.2 Å². The lowest BCUT2D eigenvalue weighted by Gasteiger charge is -2.23. The molecule has 212 valence electrons. The average molecular weight is 693 g/mol. The summed E-state index contributed by atoms with van der Waals surface area (Å²) < 4.78 is 57.0. The fourth-order valence-corrected chi connectivity index (χ4v) is 7.55. The molecule has 4 rings (SSSR count). The molecule has 2 unspecified atom stereocenters. The van der Waals surface area contributed by atoms with Crippen molar-refractivity contribution in [3.63, 3.8) is 0 Å². The number of hydrogen-bond donors (Lipinski definition) is 0. The molecule has 0 bridgehead atoms. The van der Waals surface area contributed by atoms with Gasteiger partial charge in [-0.05, 0) is 58.7 Å². The van der Waals surface area contributed by atoms with Crippen molar-refractivity contribution in [3.8, 4) is 0 Å². The molecule has 0 heterocycles. The molecule has 0 spiro atoms. The zero-order chi connectivity index (χ0) is 29.9. The molecule has 4 aromatic rings. The first-order valence-electron chi connectivity index (χ1n) is 11.8. The van der Waals surface area contributed by atoms with Gasteiger partial charge in [0.25, 0.3) is 0 Å². The van der Waals surface area contributed by atoms with E-state index in [-0.39, 0.29) is 41.3 Å². The largest absolute Gasteiger partial charge is 0.227 e. The van der Waals surface area contributed by atoms with Gasteiger partial charge in [-0.1, -0.05) is 130 Å². The Morgan fingerprint density at radius 3 is 1.32 bits per heavy atom. The number of halogens is 8. The van der Waals surface area contributed by atoms with Gasteiger partial charge in [-0.3, -0.25) is 0 Å². The molecule has 2 atom stereocenters. The minimum atomic E-state index is -4.37. The van der Waals surface area contributed by atoms with Crippen molar-refractivity contribution >= 4 is 91.6 Å². The molecule has 41 heavy (non-hydrogen) atoms. The van der Waals surface area contributed by atoms with E-state index in [1.54, 1.807) is 36.4 Å². The smallest absolute Gasteiger partial charge is 0.171 e. The monoisotopic (exact) mass is 690 g/mol. The molecule has 0 radical (unpaired) electrons. The number of hydrogen-bond acceptors (Lipinski definition) is 2. The van der Waals surface area contributed by atoms with Gasteiger partial charge in [0.1, 0.15) is 22.1 Å². The molecule has 0 fully saturated rings. The molecular weight excluding hydrogens is 675 g/mol. The van der Waals surface area contributed by atoms with E-state index >= 15 is 0 Å². The minimum absolute atomic E-state index is 0.0971. The van der Waals surface area contributed by atoms with Crippen LogP contribution in [-0.2, 0) is 9.84 Å². The second-order valence-corrected chi connectivity index (χ2v) is 13.3. The van der Waals surface area contributed by atoms with Gasteiger partial charge in [-0.2, -0.15) is 0 Å². The molecule has 0 saturated carbocycles. The Morgan fingerprint density at radius 2 is 0.951 bits per heavy atom. The minimum Gasteiger partial charge on any atom is -0.227 e. The van der Waals surface area contributed by atoms with Gasteiger partial charge in [0.2, 0.25) is 0 Å². The summed E-state index contributed by atoms with van der Waals surface area (Å²) in [7, 11) is -4.37. The second-order valence-electron chi connectivity index (χ2n) is 8.77. The zero-order valence-electron chi connectivity index (χ0n) is 20.6.